The van der Waals surface area contributed by atoms with Crippen LogP contribution >= 0.6 is 0 Å². The molecule has 4 unspecified atom stereocenters. The van der Waals surface area contributed by atoms with Crippen LogP contribution in [-0.4, -0.2) is 27.3 Å². The van der Waals surface area contributed by atoms with Gasteiger partial charge in [0, 0.05) is 22.1 Å². The summed E-state index contributed by atoms with van der Waals surface area (Å²) >= 11 is 0. The fourth-order valence-corrected chi connectivity index (χ4v) is 4.39. The highest BCUT2D eigenvalue weighted by Crippen LogP contribution is 2.24. The first-order valence-corrected chi connectivity index (χ1v) is 8.11. The van der Waals surface area contributed by atoms with Gasteiger partial charge >= 0.3 is 0 Å². The van der Waals surface area contributed by atoms with E-state index in [9.17, 15) is 4.21 Å². The van der Waals surface area contributed by atoms with Crippen LogP contribution < -0.4 is 5.32 Å². The minimum atomic E-state index is -0.656. The minimum Gasteiger partial charge on any atom is -0.313 e. The molecule has 4 atom stereocenters. The molecule has 1 aliphatic carbocycles. The van der Waals surface area contributed by atoms with Crippen molar-refractivity contribution in [3.63, 3.8) is 0 Å². The van der Waals surface area contributed by atoms with Crippen molar-refractivity contribution in [2.45, 2.75) is 75.8 Å². The summed E-state index contributed by atoms with van der Waals surface area (Å²) in [5, 5.41) is 4.28. The van der Waals surface area contributed by atoms with Crippen LogP contribution in [0.5, 0.6) is 0 Å². The van der Waals surface area contributed by atoms with Gasteiger partial charge in [-0.1, -0.05) is 40.0 Å². The minimum absolute atomic E-state index is 0.351. The van der Waals surface area contributed by atoms with Crippen molar-refractivity contribution >= 4 is 10.8 Å². The molecule has 1 saturated carbocycles. The van der Waals surface area contributed by atoms with E-state index in [4.69, 9.17) is 0 Å². The van der Waals surface area contributed by atoms with Crippen LogP contribution in [0.1, 0.15) is 59.3 Å². The molecule has 0 radical (unpaired) electrons. The van der Waals surface area contributed by atoms with Gasteiger partial charge in [-0.05, 0) is 25.8 Å². The number of hydrogen-bond donors (Lipinski definition) is 1. The lowest BCUT2D eigenvalue weighted by Gasteiger charge is -2.27. The fraction of sp³-hybridized carbons (Fsp3) is 1.00. The quantitative estimate of drug-likeness (QED) is 0.755. The summed E-state index contributed by atoms with van der Waals surface area (Å²) in [5.41, 5.74) is 0. The zero-order valence-electron chi connectivity index (χ0n) is 11.0. The second-order valence-corrected chi connectivity index (χ2v) is 6.96. The standard InChI is InChI=1S/C13H27NOS/c1-4-11(3)16(15)13-10-8-6-7-9-12(13)14-5-2/h11-14H,4-10H2,1-3H3. The van der Waals surface area contributed by atoms with Crippen molar-refractivity contribution < 1.29 is 4.21 Å². The number of rotatable bonds is 5. The molecule has 0 spiro atoms. The van der Waals surface area contributed by atoms with Gasteiger partial charge in [-0.2, -0.15) is 0 Å². The van der Waals surface area contributed by atoms with Gasteiger partial charge < -0.3 is 5.32 Å². The van der Waals surface area contributed by atoms with E-state index in [1.54, 1.807) is 0 Å². The first kappa shape index (κ1) is 14.2. The SMILES string of the molecule is CCNC1CCCCCC1S(=O)C(C)CC. The van der Waals surface area contributed by atoms with E-state index in [0.29, 0.717) is 16.5 Å². The number of nitrogens with one attached hydrogen (secondary N) is 1. The molecular weight excluding hydrogens is 218 g/mol. The van der Waals surface area contributed by atoms with Crippen LogP contribution in [0.4, 0.5) is 0 Å². The highest BCUT2D eigenvalue weighted by atomic mass is 32.2. The van der Waals surface area contributed by atoms with E-state index in [2.05, 4.69) is 26.1 Å². The Labute approximate surface area is 103 Å². The lowest BCUT2D eigenvalue weighted by Crippen LogP contribution is -2.43. The van der Waals surface area contributed by atoms with Gasteiger partial charge in [0.25, 0.3) is 0 Å². The summed E-state index contributed by atoms with van der Waals surface area (Å²) in [6, 6.07) is 0.488. The molecule has 1 N–H and O–H groups in total. The van der Waals surface area contributed by atoms with E-state index in [-0.39, 0.29) is 0 Å². The molecule has 0 aliphatic heterocycles. The summed E-state index contributed by atoms with van der Waals surface area (Å²) in [4.78, 5) is 0. The predicted molar refractivity (Wildman–Crippen MR) is 72.2 cm³/mol. The molecule has 3 heteroatoms. The average molecular weight is 245 g/mol. The molecule has 1 aliphatic rings. The van der Waals surface area contributed by atoms with Crippen molar-refractivity contribution in [3.8, 4) is 0 Å². The molecule has 0 aromatic heterocycles. The van der Waals surface area contributed by atoms with Crippen LogP contribution in [0.15, 0.2) is 0 Å². The van der Waals surface area contributed by atoms with E-state index >= 15 is 0 Å². The number of hydrogen-bond acceptors (Lipinski definition) is 2. The molecule has 96 valence electrons. The monoisotopic (exact) mass is 245 g/mol. The lowest BCUT2D eigenvalue weighted by atomic mass is 10.1. The maximum atomic E-state index is 12.4. The second-order valence-electron chi connectivity index (χ2n) is 4.89. The lowest BCUT2D eigenvalue weighted by molar-refractivity contribution is 0.472. The summed E-state index contributed by atoms with van der Waals surface area (Å²) in [6.07, 6.45) is 7.26. The highest BCUT2D eigenvalue weighted by molar-refractivity contribution is 7.86. The molecule has 1 rings (SSSR count). The van der Waals surface area contributed by atoms with Gasteiger partial charge in [0.15, 0.2) is 0 Å². The zero-order valence-corrected chi connectivity index (χ0v) is 11.8. The molecule has 2 nitrogen and oxygen atoms in total. The normalized spacial score (nSPS) is 30.7. The smallest absolute Gasteiger partial charge is 0.0503 e. The fourth-order valence-electron chi connectivity index (χ4n) is 2.51. The average Bonchev–Trinajstić information content (AvgIpc) is 2.53. The molecule has 1 fully saturated rings. The third kappa shape index (κ3) is 3.85. The molecule has 0 amide bonds. The van der Waals surface area contributed by atoms with Crippen LogP contribution in [0.2, 0.25) is 0 Å². The maximum absolute atomic E-state index is 12.4. The van der Waals surface area contributed by atoms with Crippen LogP contribution in [0.3, 0.4) is 0 Å². The van der Waals surface area contributed by atoms with E-state index in [0.717, 1.165) is 19.4 Å². The summed E-state index contributed by atoms with van der Waals surface area (Å²) < 4.78 is 12.4. The van der Waals surface area contributed by atoms with Gasteiger partial charge in [-0.25, -0.2) is 0 Å². The van der Waals surface area contributed by atoms with Gasteiger partial charge in [0.05, 0.1) is 5.25 Å². The summed E-state index contributed by atoms with van der Waals surface area (Å²) in [5.74, 6) is 0. The third-order valence-electron chi connectivity index (χ3n) is 3.69. The largest absolute Gasteiger partial charge is 0.313 e. The Morgan fingerprint density at radius 2 is 1.94 bits per heavy atom. The van der Waals surface area contributed by atoms with E-state index in [1.165, 1.54) is 25.7 Å². The van der Waals surface area contributed by atoms with Crippen molar-refractivity contribution in [3.05, 3.63) is 0 Å². The van der Waals surface area contributed by atoms with E-state index in [1.807, 2.05) is 0 Å². The Morgan fingerprint density at radius 3 is 2.56 bits per heavy atom. The second kappa shape index (κ2) is 7.44. The van der Waals surface area contributed by atoms with Crippen molar-refractivity contribution in [2.24, 2.45) is 0 Å². The predicted octanol–water partition coefficient (Wildman–Crippen LogP) is 2.84. The zero-order chi connectivity index (χ0) is 12.0. The van der Waals surface area contributed by atoms with Crippen molar-refractivity contribution in [1.82, 2.24) is 5.32 Å². The molecule has 0 saturated heterocycles. The highest BCUT2D eigenvalue weighted by Gasteiger charge is 2.29. The van der Waals surface area contributed by atoms with Gasteiger partial charge in [0.1, 0.15) is 0 Å². The molecular formula is C13H27NOS. The van der Waals surface area contributed by atoms with Crippen LogP contribution in [0.25, 0.3) is 0 Å². The Bertz CT molecular complexity index is 220. The first-order chi connectivity index (χ1) is 7.70. The van der Waals surface area contributed by atoms with Crippen LogP contribution in [-0.2, 0) is 10.8 Å². The van der Waals surface area contributed by atoms with E-state index < -0.39 is 10.8 Å². The molecule has 0 aromatic carbocycles. The summed E-state index contributed by atoms with van der Waals surface area (Å²) in [7, 11) is -0.656. The van der Waals surface area contributed by atoms with Gasteiger partial charge in [0.2, 0.25) is 0 Å². The van der Waals surface area contributed by atoms with Crippen molar-refractivity contribution in [2.75, 3.05) is 6.54 Å². The van der Waals surface area contributed by atoms with Gasteiger partial charge in [-0.3, -0.25) is 4.21 Å². The van der Waals surface area contributed by atoms with Crippen molar-refractivity contribution in [1.29, 1.82) is 0 Å². The van der Waals surface area contributed by atoms with Crippen LogP contribution in [0, 0.1) is 0 Å². The third-order valence-corrected chi connectivity index (χ3v) is 5.98. The Balaban J connectivity index is 2.66. The first-order valence-electron chi connectivity index (χ1n) is 6.83. The molecule has 16 heavy (non-hydrogen) atoms. The topological polar surface area (TPSA) is 29.1 Å². The molecule has 0 bridgehead atoms. The summed E-state index contributed by atoms with van der Waals surface area (Å²) in [6.45, 7) is 7.42. The Kier molecular flexibility index (Phi) is 6.59. The molecule has 0 aromatic rings. The van der Waals surface area contributed by atoms with Gasteiger partial charge in [-0.15, -0.1) is 0 Å². The Morgan fingerprint density at radius 1 is 1.25 bits per heavy atom. The Hall–Kier alpha value is 0.110. The maximum Gasteiger partial charge on any atom is 0.0503 e. The molecule has 0 heterocycles.